The number of aromatic nitrogens is 5. The number of hydrogen-bond donors (Lipinski definition) is 1. The van der Waals surface area contributed by atoms with E-state index in [1.807, 2.05) is 23.1 Å². The molecule has 0 aliphatic carbocycles. The van der Waals surface area contributed by atoms with Crippen LogP contribution < -0.4 is 5.73 Å². The van der Waals surface area contributed by atoms with E-state index in [1.54, 1.807) is 17.7 Å². The highest BCUT2D eigenvalue weighted by molar-refractivity contribution is 7.09. The highest BCUT2D eigenvalue weighted by Gasteiger charge is 2.13. The summed E-state index contributed by atoms with van der Waals surface area (Å²) in [5.41, 5.74) is 7.16. The van der Waals surface area contributed by atoms with E-state index < -0.39 is 0 Å². The van der Waals surface area contributed by atoms with Crippen LogP contribution in [0.1, 0.15) is 16.5 Å². The lowest BCUT2D eigenvalue weighted by Crippen LogP contribution is -2.07. The van der Waals surface area contributed by atoms with Crippen molar-refractivity contribution in [3.63, 3.8) is 0 Å². The van der Waals surface area contributed by atoms with Crippen molar-refractivity contribution in [1.29, 1.82) is 0 Å². The molecule has 0 aliphatic heterocycles. The number of imidazole rings is 1. The Morgan fingerprint density at radius 2 is 2.30 bits per heavy atom. The third-order valence-corrected chi connectivity index (χ3v) is 3.65. The van der Waals surface area contributed by atoms with E-state index in [1.165, 1.54) is 0 Å². The molecule has 8 heteroatoms. The normalized spacial score (nSPS) is 11.1. The minimum absolute atomic E-state index is 0.420. The van der Waals surface area contributed by atoms with E-state index in [4.69, 9.17) is 10.3 Å². The van der Waals surface area contributed by atoms with Gasteiger partial charge in [-0.3, -0.25) is 0 Å². The molecule has 7 nitrogen and oxygen atoms in total. The lowest BCUT2D eigenvalue weighted by atomic mass is 10.4. The van der Waals surface area contributed by atoms with Crippen LogP contribution in [0.3, 0.4) is 0 Å². The second kappa shape index (κ2) is 5.51. The molecule has 20 heavy (non-hydrogen) atoms. The van der Waals surface area contributed by atoms with Crippen molar-refractivity contribution in [2.75, 3.05) is 6.54 Å². The van der Waals surface area contributed by atoms with Crippen LogP contribution in [0.5, 0.6) is 0 Å². The van der Waals surface area contributed by atoms with Gasteiger partial charge in [-0.05, 0) is 6.92 Å². The van der Waals surface area contributed by atoms with E-state index in [2.05, 4.69) is 20.1 Å². The Kier molecular flexibility index (Phi) is 3.57. The van der Waals surface area contributed by atoms with Crippen LogP contribution in [-0.2, 0) is 13.0 Å². The molecule has 0 bridgehead atoms. The molecular formula is C12H14N6OS. The summed E-state index contributed by atoms with van der Waals surface area (Å²) in [4.78, 5) is 12.9. The molecule has 3 heterocycles. The van der Waals surface area contributed by atoms with Crippen molar-refractivity contribution in [3.05, 3.63) is 34.4 Å². The largest absolute Gasteiger partial charge is 0.335 e. The zero-order valence-electron chi connectivity index (χ0n) is 11.0. The van der Waals surface area contributed by atoms with Gasteiger partial charge in [0.25, 0.3) is 5.89 Å². The first-order valence-corrected chi connectivity index (χ1v) is 7.08. The summed E-state index contributed by atoms with van der Waals surface area (Å²) in [6.45, 7) is 3.24. The zero-order valence-corrected chi connectivity index (χ0v) is 11.8. The molecule has 3 aromatic rings. The van der Waals surface area contributed by atoms with Crippen molar-refractivity contribution >= 4 is 11.3 Å². The number of nitrogens with two attached hydrogens (primary N) is 1. The lowest BCUT2D eigenvalue weighted by Gasteiger charge is -1.94. The van der Waals surface area contributed by atoms with Gasteiger partial charge in [-0.15, -0.1) is 11.3 Å². The molecule has 104 valence electrons. The second-order valence-electron chi connectivity index (χ2n) is 4.36. The second-order valence-corrected chi connectivity index (χ2v) is 5.30. The molecule has 0 amide bonds. The summed E-state index contributed by atoms with van der Waals surface area (Å²) >= 11 is 1.59. The quantitative estimate of drug-likeness (QED) is 0.759. The summed E-state index contributed by atoms with van der Waals surface area (Å²) in [5.74, 6) is 1.03. The predicted octanol–water partition coefficient (Wildman–Crippen LogP) is 1.25. The predicted molar refractivity (Wildman–Crippen MR) is 74.2 cm³/mol. The Labute approximate surface area is 119 Å². The third-order valence-electron chi connectivity index (χ3n) is 2.68. The molecule has 0 saturated carbocycles. The Hall–Kier alpha value is -2.06. The first-order chi connectivity index (χ1) is 9.74. The maximum atomic E-state index is 5.49. The summed E-state index contributed by atoms with van der Waals surface area (Å²) in [6.07, 6.45) is 4.12. The molecule has 0 atom stereocenters. The van der Waals surface area contributed by atoms with E-state index in [0.717, 1.165) is 10.7 Å². The topological polar surface area (TPSA) is 95.7 Å². The number of nitrogens with zero attached hydrogens (tertiary/aromatic N) is 5. The summed E-state index contributed by atoms with van der Waals surface area (Å²) < 4.78 is 7.12. The van der Waals surface area contributed by atoms with E-state index >= 15 is 0 Å². The molecule has 2 N–H and O–H groups in total. The maximum Gasteiger partial charge on any atom is 0.278 e. The molecule has 0 unspecified atom stereocenters. The van der Waals surface area contributed by atoms with Gasteiger partial charge in [0.15, 0.2) is 5.82 Å². The number of hydrogen-bond acceptors (Lipinski definition) is 7. The van der Waals surface area contributed by atoms with Crippen molar-refractivity contribution < 1.29 is 4.52 Å². The summed E-state index contributed by atoms with van der Waals surface area (Å²) in [5, 5.41) is 6.94. The standard InChI is InChI=1S/C12H14N6OS/c1-8-6-20-11(15-8)4-10-16-12(19-17-10)9-5-18(3-2-13)7-14-9/h5-7H,2-4,13H2,1H3. The minimum Gasteiger partial charge on any atom is -0.335 e. The van der Waals surface area contributed by atoms with Gasteiger partial charge >= 0.3 is 0 Å². The van der Waals surface area contributed by atoms with Crippen LogP contribution in [0, 0.1) is 6.92 Å². The van der Waals surface area contributed by atoms with Gasteiger partial charge < -0.3 is 14.8 Å². The van der Waals surface area contributed by atoms with E-state index in [9.17, 15) is 0 Å². The third kappa shape index (κ3) is 2.75. The van der Waals surface area contributed by atoms with E-state index in [0.29, 0.717) is 36.9 Å². The average Bonchev–Trinajstić information content (AvgIpc) is 3.12. The van der Waals surface area contributed by atoms with Crippen LogP contribution >= 0.6 is 11.3 Å². The molecule has 3 aromatic heterocycles. The molecule has 0 spiro atoms. The Morgan fingerprint density at radius 1 is 1.40 bits per heavy atom. The first kappa shape index (κ1) is 12.9. The first-order valence-electron chi connectivity index (χ1n) is 6.20. The van der Waals surface area contributed by atoms with Crippen LogP contribution in [0.15, 0.2) is 22.4 Å². The monoisotopic (exact) mass is 290 g/mol. The van der Waals surface area contributed by atoms with Gasteiger partial charge in [0.05, 0.1) is 12.7 Å². The van der Waals surface area contributed by atoms with Crippen LogP contribution in [0.2, 0.25) is 0 Å². The minimum atomic E-state index is 0.420. The molecule has 0 fully saturated rings. The Bertz CT molecular complexity index is 700. The van der Waals surface area contributed by atoms with Gasteiger partial charge in [0, 0.05) is 30.4 Å². The Balaban J connectivity index is 1.75. The molecule has 0 radical (unpaired) electrons. The van der Waals surface area contributed by atoms with Crippen LogP contribution in [0.4, 0.5) is 0 Å². The van der Waals surface area contributed by atoms with Crippen LogP contribution in [0.25, 0.3) is 11.6 Å². The average molecular weight is 290 g/mol. The fraction of sp³-hybridized carbons (Fsp3) is 0.333. The maximum absolute atomic E-state index is 5.49. The van der Waals surface area contributed by atoms with Gasteiger partial charge in [0.1, 0.15) is 10.7 Å². The van der Waals surface area contributed by atoms with Crippen molar-refractivity contribution in [2.45, 2.75) is 19.9 Å². The van der Waals surface area contributed by atoms with Crippen molar-refractivity contribution in [3.8, 4) is 11.6 Å². The molecule has 0 aliphatic rings. The van der Waals surface area contributed by atoms with Crippen LogP contribution in [-0.4, -0.2) is 31.2 Å². The smallest absolute Gasteiger partial charge is 0.278 e. The highest BCUT2D eigenvalue weighted by Crippen LogP contribution is 2.17. The SMILES string of the molecule is Cc1csc(Cc2noc(-c3cn(CCN)cn3)n2)n1. The number of rotatable bonds is 5. The number of aryl methyl sites for hydroxylation is 1. The van der Waals surface area contributed by atoms with E-state index in [-0.39, 0.29) is 0 Å². The highest BCUT2D eigenvalue weighted by atomic mass is 32.1. The molecule has 0 aromatic carbocycles. The zero-order chi connectivity index (χ0) is 13.9. The molecule has 3 rings (SSSR count). The molecular weight excluding hydrogens is 276 g/mol. The number of thiazole rings is 1. The summed E-state index contributed by atoms with van der Waals surface area (Å²) in [6, 6.07) is 0. The fourth-order valence-electron chi connectivity index (χ4n) is 1.79. The Morgan fingerprint density at radius 3 is 3.05 bits per heavy atom. The summed E-state index contributed by atoms with van der Waals surface area (Å²) in [7, 11) is 0. The molecule has 0 saturated heterocycles. The van der Waals surface area contributed by atoms with Crippen molar-refractivity contribution in [1.82, 2.24) is 24.7 Å². The van der Waals surface area contributed by atoms with Gasteiger partial charge in [-0.2, -0.15) is 4.98 Å². The van der Waals surface area contributed by atoms with Gasteiger partial charge in [0.2, 0.25) is 0 Å². The lowest BCUT2D eigenvalue weighted by molar-refractivity contribution is 0.422. The van der Waals surface area contributed by atoms with Crippen molar-refractivity contribution in [2.24, 2.45) is 5.73 Å². The fourth-order valence-corrected chi connectivity index (χ4v) is 2.56. The van der Waals surface area contributed by atoms with Gasteiger partial charge in [-0.25, -0.2) is 9.97 Å². The van der Waals surface area contributed by atoms with Gasteiger partial charge in [-0.1, -0.05) is 5.16 Å².